The van der Waals surface area contributed by atoms with Crippen LogP contribution >= 0.6 is 12.2 Å². The third-order valence-corrected chi connectivity index (χ3v) is 3.58. The van der Waals surface area contributed by atoms with Crippen LogP contribution in [0, 0.1) is 6.92 Å². The highest BCUT2D eigenvalue weighted by Crippen LogP contribution is 2.20. The van der Waals surface area contributed by atoms with Gasteiger partial charge in [-0.15, -0.1) is 0 Å². The van der Waals surface area contributed by atoms with Crippen LogP contribution in [0.15, 0.2) is 18.2 Å². The first-order chi connectivity index (χ1) is 8.37. The van der Waals surface area contributed by atoms with Gasteiger partial charge in [0, 0.05) is 12.1 Å². The third kappa shape index (κ3) is 3.94. The molecule has 0 atom stereocenters. The molecule has 0 radical (unpaired) electrons. The molecule has 1 rings (SSSR count). The van der Waals surface area contributed by atoms with E-state index >= 15 is 0 Å². The molecule has 18 heavy (non-hydrogen) atoms. The predicted molar refractivity (Wildman–Crippen MR) is 77.9 cm³/mol. The van der Waals surface area contributed by atoms with Crippen LogP contribution in [-0.2, 0) is 10.2 Å². The summed E-state index contributed by atoms with van der Waals surface area (Å²) in [7, 11) is -3.58. The Morgan fingerprint density at radius 2 is 2.11 bits per heavy atom. The Balaban J connectivity index is 3.05. The normalized spacial score (nSPS) is 11.2. The number of hydrogen-bond acceptors (Lipinski definition) is 3. The molecule has 0 saturated heterocycles. The third-order valence-electron chi connectivity index (χ3n) is 2.31. The zero-order valence-corrected chi connectivity index (χ0v) is 12.0. The first kappa shape index (κ1) is 14.9. The monoisotopic (exact) mass is 287 g/mol. The number of nitrogens with two attached hydrogens (primary N) is 1. The van der Waals surface area contributed by atoms with Crippen molar-refractivity contribution in [1.29, 1.82) is 0 Å². The van der Waals surface area contributed by atoms with E-state index in [4.69, 9.17) is 18.0 Å². The van der Waals surface area contributed by atoms with E-state index < -0.39 is 10.2 Å². The SMILES string of the molecule is CCCNS(=O)(=O)Nc1cccc(C)c1C(N)=S. The highest BCUT2D eigenvalue weighted by molar-refractivity contribution is 7.90. The molecule has 0 aromatic heterocycles. The van der Waals surface area contributed by atoms with Crippen molar-refractivity contribution < 1.29 is 8.42 Å². The molecular formula is C11H17N3O2S2. The van der Waals surface area contributed by atoms with E-state index in [1.54, 1.807) is 12.1 Å². The first-order valence-electron chi connectivity index (χ1n) is 5.54. The molecule has 4 N–H and O–H groups in total. The van der Waals surface area contributed by atoms with E-state index in [9.17, 15) is 8.42 Å². The summed E-state index contributed by atoms with van der Waals surface area (Å²) in [5.74, 6) is 0. The summed E-state index contributed by atoms with van der Waals surface area (Å²) < 4.78 is 28.3. The Labute approximate surface area is 113 Å². The maximum atomic E-state index is 11.7. The average Bonchev–Trinajstić information content (AvgIpc) is 2.25. The first-order valence-corrected chi connectivity index (χ1v) is 7.43. The van der Waals surface area contributed by atoms with Gasteiger partial charge in [0.2, 0.25) is 0 Å². The maximum Gasteiger partial charge on any atom is 0.299 e. The number of aryl methyl sites for hydroxylation is 1. The van der Waals surface area contributed by atoms with Gasteiger partial charge in [-0.25, -0.2) is 0 Å². The molecule has 0 saturated carbocycles. The molecule has 0 aliphatic heterocycles. The van der Waals surface area contributed by atoms with Crippen LogP contribution in [0.25, 0.3) is 0 Å². The fourth-order valence-electron chi connectivity index (χ4n) is 1.50. The Kier molecular flexibility index (Phi) is 5.06. The Morgan fingerprint density at radius 1 is 1.44 bits per heavy atom. The van der Waals surface area contributed by atoms with Gasteiger partial charge in [0.1, 0.15) is 4.99 Å². The van der Waals surface area contributed by atoms with Gasteiger partial charge in [0.15, 0.2) is 0 Å². The fraction of sp³-hybridized carbons (Fsp3) is 0.364. The van der Waals surface area contributed by atoms with Gasteiger partial charge in [-0.1, -0.05) is 31.3 Å². The molecule has 1 aromatic rings. The van der Waals surface area contributed by atoms with Gasteiger partial charge in [-0.05, 0) is 25.0 Å². The van der Waals surface area contributed by atoms with Crippen LogP contribution in [0.5, 0.6) is 0 Å². The lowest BCUT2D eigenvalue weighted by molar-refractivity contribution is 0.586. The van der Waals surface area contributed by atoms with Gasteiger partial charge in [0.25, 0.3) is 10.2 Å². The highest BCUT2D eigenvalue weighted by atomic mass is 32.2. The summed E-state index contributed by atoms with van der Waals surface area (Å²) >= 11 is 4.94. The van der Waals surface area contributed by atoms with Crippen LogP contribution in [0.1, 0.15) is 24.5 Å². The summed E-state index contributed by atoms with van der Waals surface area (Å²) in [6, 6.07) is 5.20. The molecule has 0 bridgehead atoms. The van der Waals surface area contributed by atoms with E-state index in [-0.39, 0.29) is 4.99 Å². The predicted octanol–water partition coefficient (Wildman–Crippen LogP) is 1.29. The van der Waals surface area contributed by atoms with Gasteiger partial charge < -0.3 is 5.73 Å². The molecule has 100 valence electrons. The molecule has 0 heterocycles. The number of benzene rings is 1. The lowest BCUT2D eigenvalue weighted by atomic mass is 10.1. The number of rotatable bonds is 6. The molecule has 0 amide bonds. The molecule has 0 unspecified atom stereocenters. The zero-order valence-electron chi connectivity index (χ0n) is 10.4. The lowest BCUT2D eigenvalue weighted by Crippen LogP contribution is -2.31. The quantitative estimate of drug-likeness (QED) is 0.688. The summed E-state index contributed by atoms with van der Waals surface area (Å²) in [5, 5.41) is 0. The van der Waals surface area contributed by atoms with Crippen LogP contribution in [-0.4, -0.2) is 20.0 Å². The number of nitrogens with one attached hydrogen (secondary N) is 2. The fourth-order valence-corrected chi connectivity index (χ4v) is 2.77. The summed E-state index contributed by atoms with van der Waals surface area (Å²) in [5.41, 5.74) is 7.39. The minimum atomic E-state index is -3.58. The summed E-state index contributed by atoms with van der Waals surface area (Å²) in [6.45, 7) is 4.09. The van der Waals surface area contributed by atoms with Crippen molar-refractivity contribution in [3.8, 4) is 0 Å². The maximum absolute atomic E-state index is 11.7. The van der Waals surface area contributed by atoms with Crippen molar-refractivity contribution in [2.45, 2.75) is 20.3 Å². The lowest BCUT2D eigenvalue weighted by Gasteiger charge is -2.14. The van der Waals surface area contributed by atoms with E-state index in [2.05, 4.69) is 9.44 Å². The summed E-state index contributed by atoms with van der Waals surface area (Å²) in [4.78, 5) is 0.168. The van der Waals surface area contributed by atoms with Gasteiger partial charge in [-0.3, -0.25) is 4.72 Å². The van der Waals surface area contributed by atoms with Crippen molar-refractivity contribution in [2.75, 3.05) is 11.3 Å². The molecule has 0 aliphatic rings. The van der Waals surface area contributed by atoms with Crippen LogP contribution in [0.4, 0.5) is 5.69 Å². The van der Waals surface area contributed by atoms with Crippen LogP contribution in [0.2, 0.25) is 0 Å². The minimum absolute atomic E-state index is 0.168. The zero-order chi connectivity index (χ0) is 13.8. The molecule has 0 fully saturated rings. The Hall–Kier alpha value is -1.18. The molecule has 0 aliphatic carbocycles. The van der Waals surface area contributed by atoms with Crippen LogP contribution < -0.4 is 15.2 Å². The second-order valence-corrected chi connectivity index (χ2v) is 5.80. The van der Waals surface area contributed by atoms with Crippen molar-refractivity contribution in [1.82, 2.24) is 4.72 Å². The van der Waals surface area contributed by atoms with Gasteiger partial charge in [-0.2, -0.15) is 13.1 Å². The van der Waals surface area contributed by atoms with Crippen molar-refractivity contribution >= 4 is 33.1 Å². The highest BCUT2D eigenvalue weighted by Gasteiger charge is 2.14. The summed E-state index contributed by atoms with van der Waals surface area (Å²) in [6.07, 6.45) is 0.719. The number of anilines is 1. The molecule has 7 heteroatoms. The van der Waals surface area contributed by atoms with E-state index in [1.807, 2.05) is 19.9 Å². The van der Waals surface area contributed by atoms with Crippen molar-refractivity contribution in [2.24, 2.45) is 5.73 Å². The van der Waals surface area contributed by atoms with Crippen molar-refractivity contribution in [3.05, 3.63) is 29.3 Å². The molecular weight excluding hydrogens is 270 g/mol. The van der Waals surface area contributed by atoms with E-state index in [0.717, 1.165) is 12.0 Å². The molecule has 5 nitrogen and oxygen atoms in total. The Morgan fingerprint density at radius 3 is 2.67 bits per heavy atom. The topological polar surface area (TPSA) is 84.2 Å². The minimum Gasteiger partial charge on any atom is -0.389 e. The molecule has 1 aromatic carbocycles. The number of thiocarbonyl (C=S) groups is 1. The smallest absolute Gasteiger partial charge is 0.299 e. The Bertz CT molecular complexity index is 541. The van der Waals surface area contributed by atoms with E-state index in [0.29, 0.717) is 17.8 Å². The standard InChI is InChI=1S/C11H17N3O2S2/c1-3-7-13-18(15,16)14-9-6-4-5-8(2)10(9)11(12)17/h4-6,13-14H,3,7H2,1-2H3,(H2,12,17). The van der Waals surface area contributed by atoms with Crippen LogP contribution in [0.3, 0.4) is 0 Å². The van der Waals surface area contributed by atoms with Gasteiger partial charge in [0.05, 0.1) is 5.69 Å². The second kappa shape index (κ2) is 6.12. The largest absolute Gasteiger partial charge is 0.389 e. The van der Waals surface area contributed by atoms with Crippen molar-refractivity contribution in [3.63, 3.8) is 0 Å². The van der Waals surface area contributed by atoms with E-state index in [1.165, 1.54) is 0 Å². The second-order valence-electron chi connectivity index (χ2n) is 3.86. The number of hydrogen-bond donors (Lipinski definition) is 3. The molecule has 0 spiro atoms. The average molecular weight is 287 g/mol. The van der Waals surface area contributed by atoms with Gasteiger partial charge >= 0.3 is 0 Å².